The summed E-state index contributed by atoms with van der Waals surface area (Å²) in [6.07, 6.45) is 3.31. The molecule has 0 spiro atoms. The molecule has 126 valence electrons. The minimum Gasteiger partial charge on any atom is -0.469 e. The van der Waals surface area contributed by atoms with Crippen LogP contribution >= 0.6 is 24.0 Å². The van der Waals surface area contributed by atoms with Crippen LogP contribution in [-0.4, -0.2) is 26.1 Å². The van der Waals surface area contributed by atoms with Crippen molar-refractivity contribution >= 4 is 29.9 Å². The zero-order valence-electron chi connectivity index (χ0n) is 13.4. The zero-order valence-corrected chi connectivity index (χ0v) is 15.8. The Morgan fingerprint density at radius 3 is 2.52 bits per heavy atom. The second-order valence-electron chi connectivity index (χ2n) is 5.08. The van der Waals surface area contributed by atoms with Crippen LogP contribution in [0.5, 0.6) is 0 Å². The molecule has 0 bridgehead atoms. The van der Waals surface area contributed by atoms with Gasteiger partial charge in [-0.25, -0.2) is 4.39 Å². The maximum absolute atomic E-state index is 13.1. The Morgan fingerprint density at radius 2 is 1.91 bits per heavy atom. The molecule has 0 aliphatic heterocycles. The van der Waals surface area contributed by atoms with E-state index in [4.69, 9.17) is 4.42 Å². The first-order valence-corrected chi connectivity index (χ1v) is 7.41. The van der Waals surface area contributed by atoms with Crippen LogP contribution in [-0.2, 0) is 12.8 Å². The maximum atomic E-state index is 13.1. The topological polar surface area (TPSA) is 49.6 Å². The summed E-state index contributed by atoms with van der Waals surface area (Å²) in [6.45, 7) is 3.42. The molecule has 0 fully saturated rings. The first kappa shape index (κ1) is 19.5. The van der Waals surface area contributed by atoms with Crippen molar-refractivity contribution in [3.63, 3.8) is 0 Å². The lowest BCUT2D eigenvalue weighted by molar-refractivity contribution is 0.507. The van der Waals surface area contributed by atoms with Gasteiger partial charge in [0.15, 0.2) is 5.96 Å². The standard InChI is InChI=1S/C17H22FN3O.HI/c1-13-12-15(18)6-5-14(13)7-9-20-17(19-2)21-10-8-16-4-3-11-22-16;/h3-6,11-12H,7-10H2,1-2H3,(H2,19,20,21);1H. The molecular formula is C17H23FIN3O. The number of furan rings is 1. The summed E-state index contributed by atoms with van der Waals surface area (Å²) in [4.78, 5) is 4.18. The number of guanidine groups is 1. The van der Waals surface area contributed by atoms with Gasteiger partial charge < -0.3 is 15.1 Å². The largest absolute Gasteiger partial charge is 0.469 e. The normalized spacial score (nSPS) is 11.0. The lowest BCUT2D eigenvalue weighted by atomic mass is 10.1. The van der Waals surface area contributed by atoms with E-state index in [0.29, 0.717) is 0 Å². The second-order valence-corrected chi connectivity index (χ2v) is 5.08. The third-order valence-electron chi connectivity index (χ3n) is 3.46. The monoisotopic (exact) mass is 431 g/mol. The molecule has 4 nitrogen and oxygen atoms in total. The van der Waals surface area contributed by atoms with Crippen LogP contribution in [0.3, 0.4) is 0 Å². The molecule has 0 aliphatic carbocycles. The van der Waals surface area contributed by atoms with Crippen LogP contribution < -0.4 is 10.6 Å². The van der Waals surface area contributed by atoms with Crippen molar-refractivity contribution in [1.82, 2.24) is 10.6 Å². The molecule has 0 amide bonds. The van der Waals surface area contributed by atoms with Gasteiger partial charge in [-0.1, -0.05) is 6.07 Å². The molecule has 2 aromatic rings. The average molecular weight is 431 g/mol. The average Bonchev–Trinajstić information content (AvgIpc) is 3.01. The van der Waals surface area contributed by atoms with Crippen molar-refractivity contribution in [3.8, 4) is 0 Å². The summed E-state index contributed by atoms with van der Waals surface area (Å²) < 4.78 is 18.3. The molecule has 0 saturated heterocycles. The molecule has 0 saturated carbocycles. The molecular weight excluding hydrogens is 408 g/mol. The van der Waals surface area contributed by atoms with Gasteiger partial charge in [0.2, 0.25) is 0 Å². The second kappa shape index (κ2) is 10.3. The Hall–Kier alpha value is -1.57. The predicted molar refractivity (Wildman–Crippen MR) is 102 cm³/mol. The van der Waals surface area contributed by atoms with Crippen LogP contribution in [0.25, 0.3) is 0 Å². The minimum absolute atomic E-state index is 0. The van der Waals surface area contributed by atoms with Gasteiger partial charge >= 0.3 is 0 Å². The van der Waals surface area contributed by atoms with Gasteiger partial charge in [-0.3, -0.25) is 4.99 Å². The van der Waals surface area contributed by atoms with E-state index in [1.807, 2.05) is 25.1 Å². The highest BCUT2D eigenvalue weighted by Gasteiger charge is 2.02. The van der Waals surface area contributed by atoms with Crippen LogP contribution in [0, 0.1) is 12.7 Å². The molecule has 1 heterocycles. The van der Waals surface area contributed by atoms with Crippen molar-refractivity contribution in [2.45, 2.75) is 19.8 Å². The first-order valence-electron chi connectivity index (χ1n) is 7.41. The van der Waals surface area contributed by atoms with E-state index < -0.39 is 0 Å². The van der Waals surface area contributed by atoms with Gasteiger partial charge in [0.1, 0.15) is 11.6 Å². The van der Waals surface area contributed by atoms with Crippen molar-refractivity contribution in [1.29, 1.82) is 0 Å². The van der Waals surface area contributed by atoms with Crippen LogP contribution in [0.2, 0.25) is 0 Å². The van der Waals surface area contributed by atoms with E-state index in [9.17, 15) is 4.39 Å². The predicted octanol–water partition coefficient (Wildman–Crippen LogP) is 3.30. The Balaban J connectivity index is 0.00000264. The highest BCUT2D eigenvalue weighted by molar-refractivity contribution is 14.0. The summed E-state index contributed by atoms with van der Waals surface area (Å²) >= 11 is 0. The molecule has 1 aromatic carbocycles. The smallest absolute Gasteiger partial charge is 0.191 e. The van der Waals surface area contributed by atoms with E-state index >= 15 is 0 Å². The Kier molecular flexibility index (Phi) is 8.68. The fourth-order valence-electron chi connectivity index (χ4n) is 2.23. The Bertz CT molecular complexity index is 614. The van der Waals surface area contributed by atoms with Crippen molar-refractivity contribution in [2.24, 2.45) is 4.99 Å². The quantitative estimate of drug-likeness (QED) is 0.419. The number of nitrogens with zero attached hydrogens (tertiary/aromatic N) is 1. The van der Waals surface area contributed by atoms with Gasteiger partial charge in [-0.2, -0.15) is 0 Å². The van der Waals surface area contributed by atoms with E-state index in [1.165, 1.54) is 6.07 Å². The van der Waals surface area contributed by atoms with E-state index in [-0.39, 0.29) is 29.8 Å². The molecule has 0 aliphatic rings. The number of halogens is 2. The number of rotatable bonds is 6. The summed E-state index contributed by atoms with van der Waals surface area (Å²) in [7, 11) is 1.74. The maximum Gasteiger partial charge on any atom is 0.191 e. The van der Waals surface area contributed by atoms with E-state index in [0.717, 1.165) is 48.8 Å². The molecule has 2 rings (SSSR count). The number of benzene rings is 1. The summed E-state index contributed by atoms with van der Waals surface area (Å²) in [6, 6.07) is 8.73. The molecule has 0 atom stereocenters. The Morgan fingerprint density at radius 1 is 1.17 bits per heavy atom. The number of nitrogens with one attached hydrogen (secondary N) is 2. The molecule has 1 aromatic heterocycles. The third kappa shape index (κ3) is 6.60. The highest BCUT2D eigenvalue weighted by Crippen LogP contribution is 2.10. The minimum atomic E-state index is -0.190. The number of hydrogen-bond donors (Lipinski definition) is 2. The number of aryl methyl sites for hydroxylation is 1. The SMILES string of the molecule is CN=C(NCCc1ccco1)NCCc1ccc(F)cc1C.I. The highest BCUT2D eigenvalue weighted by atomic mass is 127. The summed E-state index contributed by atoms with van der Waals surface area (Å²) in [5.41, 5.74) is 2.11. The van der Waals surface area contributed by atoms with Gasteiger partial charge in [-0.15, -0.1) is 24.0 Å². The van der Waals surface area contributed by atoms with E-state index in [1.54, 1.807) is 19.4 Å². The van der Waals surface area contributed by atoms with Crippen molar-refractivity contribution < 1.29 is 8.81 Å². The van der Waals surface area contributed by atoms with Crippen LogP contribution in [0.1, 0.15) is 16.9 Å². The molecule has 0 radical (unpaired) electrons. The molecule has 6 heteroatoms. The Labute approximate surface area is 153 Å². The summed E-state index contributed by atoms with van der Waals surface area (Å²) in [5, 5.41) is 6.49. The fourth-order valence-corrected chi connectivity index (χ4v) is 2.23. The zero-order chi connectivity index (χ0) is 15.8. The third-order valence-corrected chi connectivity index (χ3v) is 3.46. The molecule has 2 N–H and O–H groups in total. The first-order chi connectivity index (χ1) is 10.7. The van der Waals surface area contributed by atoms with E-state index in [2.05, 4.69) is 15.6 Å². The van der Waals surface area contributed by atoms with Gasteiger partial charge in [0.25, 0.3) is 0 Å². The van der Waals surface area contributed by atoms with Gasteiger partial charge in [0, 0.05) is 26.6 Å². The van der Waals surface area contributed by atoms with Crippen molar-refractivity contribution in [3.05, 3.63) is 59.3 Å². The number of aliphatic imine (C=N–C) groups is 1. The van der Waals surface area contributed by atoms with Crippen molar-refractivity contribution in [2.75, 3.05) is 20.1 Å². The van der Waals surface area contributed by atoms with Gasteiger partial charge in [0.05, 0.1) is 6.26 Å². The summed E-state index contributed by atoms with van der Waals surface area (Å²) in [5.74, 6) is 1.51. The fraction of sp³-hybridized carbons (Fsp3) is 0.353. The molecule has 23 heavy (non-hydrogen) atoms. The van der Waals surface area contributed by atoms with Crippen LogP contribution in [0.15, 0.2) is 46.0 Å². The lowest BCUT2D eigenvalue weighted by Crippen LogP contribution is -2.39. The number of hydrogen-bond acceptors (Lipinski definition) is 2. The van der Waals surface area contributed by atoms with Crippen LogP contribution in [0.4, 0.5) is 4.39 Å². The lowest BCUT2D eigenvalue weighted by Gasteiger charge is -2.12. The van der Waals surface area contributed by atoms with Gasteiger partial charge in [-0.05, 0) is 48.7 Å². The molecule has 0 unspecified atom stereocenters.